The van der Waals surface area contributed by atoms with Crippen molar-refractivity contribution in [1.82, 2.24) is 15.5 Å². The molecule has 3 rings (SSSR count). The number of carbonyl (C=O) groups is 1. The molecule has 8 heteroatoms. The van der Waals surface area contributed by atoms with E-state index in [1.165, 1.54) is 18.9 Å². The first kappa shape index (κ1) is 24.8. The van der Waals surface area contributed by atoms with Crippen LogP contribution in [-0.4, -0.2) is 49.6 Å². The zero-order valence-corrected chi connectivity index (χ0v) is 20.3. The number of nitrogens with zero attached hydrogens (tertiary/aromatic N) is 2. The lowest BCUT2D eigenvalue weighted by molar-refractivity contribution is -0.134. The summed E-state index contributed by atoms with van der Waals surface area (Å²) >= 11 is 0. The van der Waals surface area contributed by atoms with Crippen molar-refractivity contribution in [2.45, 2.75) is 58.2 Å². The second-order valence-corrected chi connectivity index (χ2v) is 7.95. The molecule has 1 aliphatic carbocycles. The molecule has 0 aromatic heterocycles. The van der Waals surface area contributed by atoms with Crippen LogP contribution in [0.25, 0.3) is 0 Å². The molecule has 0 bridgehead atoms. The van der Waals surface area contributed by atoms with Gasteiger partial charge in [-0.15, -0.1) is 24.0 Å². The van der Waals surface area contributed by atoms with E-state index in [1.54, 1.807) is 19.2 Å². The van der Waals surface area contributed by atoms with Gasteiger partial charge in [0.15, 0.2) is 5.96 Å². The number of aliphatic imine (C=N–C) groups is 1. The van der Waals surface area contributed by atoms with Crippen molar-refractivity contribution in [2.75, 3.05) is 26.7 Å². The van der Waals surface area contributed by atoms with E-state index >= 15 is 0 Å². The number of amides is 1. The molecule has 30 heavy (non-hydrogen) atoms. The summed E-state index contributed by atoms with van der Waals surface area (Å²) in [5, 5.41) is 6.73. The quantitative estimate of drug-likeness (QED) is 0.321. The van der Waals surface area contributed by atoms with Crippen molar-refractivity contribution in [2.24, 2.45) is 10.9 Å². The van der Waals surface area contributed by atoms with Crippen LogP contribution in [0, 0.1) is 11.7 Å². The van der Waals surface area contributed by atoms with Crippen molar-refractivity contribution in [1.29, 1.82) is 0 Å². The summed E-state index contributed by atoms with van der Waals surface area (Å²) in [7, 11) is 1.56. The maximum Gasteiger partial charge on any atom is 0.225 e. The molecule has 1 unspecified atom stereocenters. The Balaban J connectivity index is 0.00000320. The number of carbonyl (C=O) groups excluding carboxylic acids is 1. The predicted octanol–water partition coefficient (Wildman–Crippen LogP) is 3.44. The minimum atomic E-state index is -0.261. The molecule has 2 aliphatic rings. The van der Waals surface area contributed by atoms with E-state index in [0.29, 0.717) is 18.0 Å². The summed E-state index contributed by atoms with van der Waals surface area (Å²) in [5.41, 5.74) is 1.47. The number of halogens is 2. The molecule has 1 amide bonds. The third-order valence-electron chi connectivity index (χ3n) is 5.72. The molecule has 0 spiro atoms. The average molecular weight is 532 g/mol. The van der Waals surface area contributed by atoms with Crippen LogP contribution in [0.2, 0.25) is 0 Å². The van der Waals surface area contributed by atoms with Crippen molar-refractivity contribution in [3.05, 3.63) is 35.1 Å². The Morgan fingerprint density at radius 3 is 2.77 bits per heavy atom. The predicted molar refractivity (Wildman–Crippen MR) is 127 cm³/mol. The van der Waals surface area contributed by atoms with Gasteiger partial charge >= 0.3 is 0 Å². The number of benzene rings is 1. The lowest BCUT2D eigenvalue weighted by Gasteiger charge is -2.21. The van der Waals surface area contributed by atoms with Gasteiger partial charge < -0.3 is 20.3 Å². The van der Waals surface area contributed by atoms with Gasteiger partial charge in [0.25, 0.3) is 0 Å². The third-order valence-corrected chi connectivity index (χ3v) is 5.72. The lowest BCUT2D eigenvalue weighted by Crippen LogP contribution is -2.45. The standard InChI is InChI=1S/C22H33FN4O2.HI/c1-3-24-22(25-13-16-8-9-20(23)18(12-16)15-29-2)26-19-10-11-27(14-19)21(28)17-6-4-5-7-17;/h8-9,12,17,19H,3-7,10-11,13-15H2,1-2H3,(H2,24,25,26);1H. The first-order valence-electron chi connectivity index (χ1n) is 10.7. The Hall–Kier alpha value is -1.42. The Morgan fingerprint density at radius 2 is 2.07 bits per heavy atom. The molecule has 6 nitrogen and oxygen atoms in total. The second kappa shape index (κ2) is 12.4. The molecule has 1 heterocycles. The fourth-order valence-electron chi connectivity index (χ4n) is 4.19. The van der Waals surface area contributed by atoms with Gasteiger partial charge in [0.1, 0.15) is 5.82 Å². The summed E-state index contributed by atoms with van der Waals surface area (Å²) < 4.78 is 18.8. The summed E-state index contributed by atoms with van der Waals surface area (Å²) in [4.78, 5) is 19.3. The maximum absolute atomic E-state index is 13.8. The highest BCUT2D eigenvalue weighted by Gasteiger charge is 2.32. The molecule has 2 N–H and O–H groups in total. The van der Waals surface area contributed by atoms with Crippen LogP contribution in [0.5, 0.6) is 0 Å². The fraction of sp³-hybridized carbons (Fsp3) is 0.636. The van der Waals surface area contributed by atoms with Gasteiger partial charge in [0.2, 0.25) is 5.91 Å². The highest BCUT2D eigenvalue weighted by Crippen LogP contribution is 2.27. The second-order valence-electron chi connectivity index (χ2n) is 7.95. The SMILES string of the molecule is CCNC(=NCc1ccc(F)c(COC)c1)NC1CCN(C(=O)C2CCCC2)C1.I. The first-order chi connectivity index (χ1) is 14.1. The summed E-state index contributed by atoms with van der Waals surface area (Å²) in [6, 6.07) is 5.21. The number of rotatable bonds is 7. The van der Waals surface area contributed by atoms with Gasteiger partial charge in [-0.2, -0.15) is 0 Å². The molecule has 1 saturated heterocycles. The van der Waals surface area contributed by atoms with E-state index in [0.717, 1.165) is 50.4 Å². The number of nitrogens with one attached hydrogen (secondary N) is 2. The monoisotopic (exact) mass is 532 g/mol. The van der Waals surface area contributed by atoms with E-state index in [9.17, 15) is 9.18 Å². The highest BCUT2D eigenvalue weighted by molar-refractivity contribution is 14.0. The Bertz CT molecular complexity index is 725. The third kappa shape index (κ3) is 6.80. The van der Waals surface area contributed by atoms with Gasteiger partial charge in [0, 0.05) is 44.3 Å². The number of hydrogen-bond acceptors (Lipinski definition) is 3. The molecule has 1 saturated carbocycles. The van der Waals surface area contributed by atoms with E-state index in [-0.39, 0.29) is 48.4 Å². The molecule has 2 fully saturated rings. The van der Waals surface area contributed by atoms with Crippen LogP contribution >= 0.6 is 24.0 Å². The number of hydrogen-bond donors (Lipinski definition) is 2. The molecule has 1 atom stereocenters. The lowest BCUT2D eigenvalue weighted by atomic mass is 10.1. The van der Waals surface area contributed by atoms with Crippen LogP contribution in [0.4, 0.5) is 4.39 Å². The molecule has 1 aromatic carbocycles. The molecular weight excluding hydrogens is 498 g/mol. The van der Waals surface area contributed by atoms with Crippen molar-refractivity contribution >= 4 is 35.8 Å². The van der Waals surface area contributed by atoms with Crippen LogP contribution in [0.3, 0.4) is 0 Å². The minimum absolute atomic E-state index is 0. The Morgan fingerprint density at radius 1 is 1.30 bits per heavy atom. The van der Waals surface area contributed by atoms with E-state index < -0.39 is 0 Å². The van der Waals surface area contributed by atoms with Crippen molar-refractivity contribution < 1.29 is 13.9 Å². The molecule has 168 valence electrons. The van der Waals surface area contributed by atoms with Gasteiger partial charge in [0.05, 0.1) is 13.2 Å². The van der Waals surface area contributed by atoms with Gasteiger partial charge in [-0.1, -0.05) is 18.9 Å². The Labute approximate surface area is 196 Å². The molecular formula is C22H34FIN4O2. The van der Waals surface area contributed by atoms with Crippen LogP contribution in [0.1, 0.15) is 50.2 Å². The first-order valence-corrected chi connectivity index (χ1v) is 10.7. The van der Waals surface area contributed by atoms with E-state index in [2.05, 4.69) is 15.6 Å². The highest BCUT2D eigenvalue weighted by atomic mass is 127. The number of likely N-dealkylation sites (tertiary alicyclic amines) is 1. The molecule has 1 aromatic rings. The van der Waals surface area contributed by atoms with Crippen molar-refractivity contribution in [3.63, 3.8) is 0 Å². The number of methoxy groups -OCH3 is 1. The topological polar surface area (TPSA) is 66.0 Å². The molecule has 1 aliphatic heterocycles. The summed E-state index contributed by atoms with van der Waals surface area (Å²) in [6.07, 6.45) is 5.37. The van der Waals surface area contributed by atoms with Crippen molar-refractivity contribution in [3.8, 4) is 0 Å². The fourth-order valence-corrected chi connectivity index (χ4v) is 4.19. The number of ether oxygens (including phenoxy) is 1. The largest absolute Gasteiger partial charge is 0.380 e. The summed E-state index contributed by atoms with van der Waals surface area (Å²) in [6.45, 7) is 5.01. The van der Waals surface area contributed by atoms with E-state index in [1.807, 2.05) is 11.8 Å². The zero-order chi connectivity index (χ0) is 20.6. The minimum Gasteiger partial charge on any atom is -0.380 e. The smallest absolute Gasteiger partial charge is 0.225 e. The normalized spacial score (nSPS) is 19.6. The average Bonchev–Trinajstić information content (AvgIpc) is 3.40. The Kier molecular flexibility index (Phi) is 10.3. The summed E-state index contributed by atoms with van der Waals surface area (Å²) in [5.74, 6) is 1.02. The van der Waals surface area contributed by atoms with Crippen LogP contribution in [-0.2, 0) is 22.7 Å². The van der Waals surface area contributed by atoms with Crippen LogP contribution < -0.4 is 10.6 Å². The van der Waals surface area contributed by atoms with Gasteiger partial charge in [-0.05, 0) is 43.9 Å². The zero-order valence-electron chi connectivity index (χ0n) is 18.0. The molecule has 0 radical (unpaired) electrons. The van der Waals surface area contributed by atoms with E-state index in [4.69, 9.17) is 4.74 Å². The number of guanidine groups is 1. The maximum atomic E-state index is 13.8. The van der Waals surface area contributed by atoms with Crippen LogP contribution in [0.15, 0.2) is 23.2 Å². The van der Waals surface area contributed by atoms with Gasteiger partial charge in [-0.25, -0.2) is 9.38 Å². The van der Waals surface area contributed by atoms with Gasteiger partial charge in [-0.3, -0.25) is 4.79 Å².